The van der Waals surface area contributed by atoms with Gasteiger partial charge in [0.05, 0.1) is 17.5 Å². The van der Waals surface area contributed by atoms with Crippen LogP contribution in [0.1, 0.15) is 30.7 Å². The number of hydrogen-bond donors (Lipinski definition) is 4. The first kappa shape index (κ1) is 14.4. The van der Waals surface area contributed by atoms with Gasteiger partial charge in [-0.05, 0) is 25.0 Å². The Kier molecular flexibility index (Phi) is 5.06. The zero-order valence-electron chi connectivity index (χ0n) is 10.6. The van der Waals surface area contributed by atoms with Crippen molar-refractivity contribution in [3.05, 3.63) is 23.5 Å². The molecule has 2 unspecified atom stereocenters. The van der Waals surface area contributed by atoms with Gasteiger partial charge in [0.15, 0.2) is 0 Å². The molecule has 1 aromatic rings. The lowest BCUT2D eigenvalue weighted by Crippen LogP contribution is -2.28. The first-order chi connectivity index (χ1) is 8.43. The number of amides is 1. The zero-order valence-corrected chi connectivity index (χ0v) is 10.6. The van der Waals surface area contributed by atoms with Crippen LogP contribution in [0.5, 0.6) is 0 Å². The minimum Gasteiger partial charge on any atom is -0.397 e. The quantitative estimate of drug-likeness (QED) is 0.585. The van der Waals surface area contributed by atoms with E-state index >= 15 is 0 Å². The number of anilines is 1. The number of nitrogen functional groups attached to an aromatic ring is 1. The fourth-order valence-corrected chi connectivity index (χ4v) is 1.56. The Bertz CT molecular complexity index is 423. The third-order valence-corrected chi connectivity index (χ3v) is 2.70. The number of nitrogens with two attached hydrogens (primary N) is 1. The average molecular weight is 253 g/mol. The number of hydrogen-bond acceptors (Lipinski definition) is 5. The normalized spacial score (nSPS) is 14.0. The number of aliphatic hydroxyl groups is 2. The first-order valence-electron chi connectivity index (χ1n) is 5.75. The Morgan fingerprint density at radius 3 is 2.83 bits per heavy atom. The van der Waals surface area contributed by atoms with E-state index in [9.17, 15) is 15.0 Å². The molecule has 6 nitrogen and oxygen atoms in total. The first-order valence-corrected chi connectivity index (χ1v) is 5.75. The maximum Gasteiger partial charge on any atom is 0.216 e. The van der Waals surface area contributed by atoms with Crippen LogP contribution in [-0.2, 0) is 4.79 Å². The van der Waals surface area contributed by atoms with Gasteiger partial charge in [0.25, 0.3) is 0 Å². The molecule has 0 spiro atoms. The highest BCUT2D eigenvalue weighted by atomic mass is 16.3. The molecule has 0 radical (unpaired) electrons. The number of carbonyl (C=O) groups is 1. The summed E-state index contributed by atoms with van der Waals surface area (Å²) in [5, 5.41) is 22.3. The summed E-state index contributed by atoms with van der Waals surface area (Å²) in [4.78, 5) is 14.7. The summed E-state index contributed by atoms with van der Waals surface area (Å²) >= 11 is 0. The summed E-state index contributed by atoms with van der Waals surface area (Å²) in [6.07, 6.45) is -0.409. The van der Waals surface area contributed by atoms with Crippen molar-refractivity contribution >= 4 is 11.6 Å². The molecule has 0 saturated carbocycles. The second-order valence-corrected chi connectivity index (χ2v) is 4.21. The van der Waals surface area contributed by atoms with E-state index in [-0.39, 0.29) is 18.0 Å². The highest BCUT2D eigenvalue weighted by Gasteiger charge is 2.22. The number of carbonyl (C=O) groups excluding carboxylic acids is 1. The van der Waals surface area contributed by atoms with Gasteiger partial charge >= 0.3 is 0 Å². The standard InChI is InChI=1S/C12H19N3O3/c1-7-3-5-15-11(10(7)13)12(18)9(17)4-6-14-8(2)16/h3,5,9,12,17-18H,4,6,13H2,1-2H3,(H,14,16). The molecule has 0 saturated heterocycles. The van der Waals surface area contributed by atoms with Crippen LogP contribution in [0, 0.1) is 6.92 Å². The van der Waals surface area contributed by atoms with Gasteiger partial charge in [-0.3, -0.25) is 9.78 Å². The van der Waals surface area contributed by atoms with Crippen LogP contribution < -0.4 is 11.1 Å². The smallest absolute Gasteiger partial charge is 0.216 e. The van der Waals surface area contributed by atoms with Crippen LogP contribution >= 0.6 is 0 Å². The molecule has 1 aromatic heterocycles. The van der Waals surface area contributed by atoms with E-state index in [1.807, 2.05) is 0 Å². The van der Waals surface area contributed by atoms with E-state index < -0.39 is 12.2 Å². The highest BCUT2D eigenvalue weighted by Crippen LogP contribution is 2.24. The third kappa shape index (κ3) is 3.68. The Labute approximate surface area is 106 Å². The lowest BCUT2D eigenvalue weighted by atomic mass is 10.0. The van der Waals surface area contributed by atoms with Crippen LogP contribution in [0.2, 0.25) is 0 Å². The number of nitrogens with one attached hydrogen (secondary N) is 1. The number of aromatic nitrogens is 1. The summed E-state index contributed by atoms with van der Waals surface area (Å²) in [7, 11) is 0. The maximum atomic E-state index is 10.7. The van der Waals surface area contributed by atoms with Gasteiger partial charge in [0.1, 0.15) is 6.10 Å². The predicted molar refractivity (Wildman–Crippen MR) is 67.7 cm³/mol. The van der Waals surface area contributed by atoms with Crippen LogP contribution in [0.25, 0.3) is 0 Å². The second-order valence-electron chi connectivity index (χ2n) is 4.21. The topological polar surface area (TPSA) is 108 Å². The molecule has 0 aliphatic heterocycles. The van der Waals surface area contributed by atoms with E-state index in [0.717, 1.165) is 5.56 Å². The zero-order chi connectivity index (χ0) is 13.7. The summed E-state index contributed by atoms with van der Waals surface area (Å²) in [5.74, 6) is -0.176. The van der Waals surface area contributed by atoms with Crippen molar-refractivity contribution in [2.45, 2.75) is 32.5 Å². The van der Waals surface area contributed by atoms with Crippen molar-refractivity contribution in [1.29, 1.82) is 0 Å². The molecule has 0 aromatic carbocycles. The van der Waals surface area contributed by atoms with Crippen molar-refractivity contribution in [3.63, 3.8) is 0 Å². The van der Waals surface area contributed by atoms with Gasteiger partial charge in [-0.15, -0.1) is 0 Å². The number of aryl methyl sites for hydroxylation is 1. The molecule has 0 aliphatic carbocycles. The lowest BCUT2D eigenvalue weighted by Gasteiger charge is -2.19. The molecular weight excluding hydrogens is 234 g/mol. The van der Waals surface area contributed by atoms with Gasteiger partial charge in [0.2, 0.25) is 5.91 Å². The Morgan fingerprint density at radius 2 is 2.22 bits per heavy atom. The molecule has 6 heteroatoms. The van der Waals surface area contributed by atoms with Crippen molar-refractivity contribution < 1.29 is 15.0 Å². The second kappa shape index (κ2) is 6.32. The van der Waals surface area contributed by atoms with E-state index in [4.69, 9.17) is 5.73 Å². The monoisotopic (exact) mass is 253 g/mol. The van der Waals surface area contributed by atoms with Crippen molar-refractivity contribution in [3.8, 4) is 0 Å². The molecule has 0 fully saturated rings. The molecule has 5 N–H and O–H groups in total. The minimum absolute atomic E-state index is 0.176. The van der Waals surface area contributed by atoms with Crippen molar-refractivity contribution in [1.82, 2.24) is 10.3 Å². The van der Waals surface area contributed by atoms with Gasteiger partial charge in [-0.2, -0.15) is 0 Å². The van der Waals surface area contributed by atoms with Crippen LogP contribution in [0.3, 0.4) is 0 Å². The summed E-state index contributed by atoms with van der Waals surface area (Å²) in [5.41, 5.74) is 7.24. The average Bonchev–Trinajstić information content (AvgIpc) is 2.31. The molecule has 1 rings (SSSR count). The van der Waals surface area contributed by atoms with Crippen LogP contribution in [0.4, 0.5) is 5.69 Å². The van der Waals surface area contributed by atoms with E-state index in [1.165, 1.54) is 13.1 Å². The number of pyridine rings is 1. The molecule has 100 valence electrons. The maximum absolute atomic E-state index is 10.7. The Hall–Kier alpha value is -1.66. The highest BCUT2D eigenvalue weighted by molar-refractivity contribution is 5.72. The Balaban J connectivity index is 2.65. The molecule has 0 aliphatic rings. The molecule has 1 heterocycles. The Morgan fingerprint density at radius 1 is 1.56 bits per heavy atom. The molecule has 1 amide bonds. The van der Waals surface area contributed by atoms with E-state index in [0.29, 0.717) is 12.2 Å². The van der Waals surface area contributed by atoms with E-state index in [1.54, 1.807) is 13.0 Å². The lowest BCUT2D eigenvalue weighted by molar-refractivity contribution is -0.119. The number of nitrogens with zero attached hydrogens (tertiary/aromatic N) is 1. The van der Waals surface area contributed by atoms with Crippen LogP contribution in [-0.4, -0.2) is 33.8 Å². The largest absolute Gasteiger partial charge is 0.397 e. The van der Waals surface area contributed by atoms with Crippen molar-refractivity contribution in [2.75, 3.05) is 12.3 Å². The SMILES string of the molecule is CC(=O)NCCC(O)C(O)c1nccc(C)c1N. The number of aliphatic hydroxyl groups excluding tert-OH is 2. The third-order valence-electron chi connectivity index (χ3n) is 2.70. The molecular formula is C12H19N3O3. The molecule has 2 atom stereocenters. The summed E-state index contributed by atoms with van der Waals surface area (Å²) in [6, 6.07) is 1.73. The minimum atomic E-state index is -1.15. The number of rotatable bonds is 5. The predicted octanol–water partition coefficient (Wildman–Crippen LogP) is -0.107. The van der Waals surface area contributed by atoms with Gasteiger partial charge in [-0.25, -0.2) is 0 Å². The van der Waals surface area contributed by atoms with Crippen LogP contribution in [0.15, 0.2) is 12.3 Å². The van der Waals surface area contributed by atoms with Gasteiger partial charge in [-0.1, -0.05) is 0 Å². The summed E-state index contributed by atoms with van der Waals surface area (Å²) < 4.78 is 0. The van der Waals surface area contributed by atoms with Crippen molar-refractivity contribution in [2.24, 2.45) is 0 Å². The fraction of sp³-hybridized carbons (Fsp3) is 0.500. The molecule has 18 heavy (non-hydrogen) atoms. The van der Waals surface area contributed by atoms with Gasteiger partial charge in [0, 0.05) is 19.7 Å². The van der Waals surface area contributed by atoms with Gasteiger partial charge < -0.3 is 21.3 Å². The molecule has 0 bridgehead atoms. The summed E-state index contributed by atoms with van der Waals surface area (Å²) in [6.45, 7) is 3.49. The fourth-order valence-electron chi connectivity index (χ4n) is 1.56. The van der Waals surface area contributed by atoms with E-state index in [2.05, 4.69) is 10.3 Å².